The monoisotopic (exact) mass is 207 g/mol. The molecule has 3 heterocycles. The zero-order valence-corrected chi connectivity index (χ0v) is 8.34. The Morgan fingerprint density at radius 3 is 2.93 bits per heavy atom. The van der Waals surface area contributed by atoms with Gasteiger partial charge in [0.15, 0.2) is 5.76 Å². The maximum absolute atomic E-state index is 11.8. The average molecular weight is 207 g/mol. The fourth-order valence-electron chi connectivity index (χ4n) is 2.34. The molecule has 3 rings (SSSR count). The van der Waals surface area contributed by atoms with Gasteiger partial charge in [-0.1, -0.05) is 0 Å². The lowest BCUT2D eigenvalue weighted by Gasteiger charge is -2.17. The Balaban J connectivity index is 2.25. The van der Waals surface area contributed by atoms with Crippen molar-refractivity contribution in [2.45, 2.75) is 18.8 Å². The minimum Gasteiger partial charge on any atom is -0.468 e. The Kier molecular flexibility index (Phi) is 1.27. The number of nitrogens with one attached hydrogen (secondary N) is 1. The lowest BCUT2D eigenvalue weighted by molar-refractivity contribution is -0.150. The molecule has 1 aromatic rings. The van der Waals surface area contributed by atoms with Crippen molar-refractivity contribution in [3.05, 3.63) is 17.1 Å². The predicted molar refractivity (Wildman–Crippen MR) is 49.5 cm³/mol. The summed E-state index contributed by atoms with van der Waals surface area (Å²) >= 11 is 0. The lowest BCUT2D eigenvalue weighted by Crippen LogP contribution is -2.43. The van der Waals surface area contributed by atoms with Crippen LogP contribution in [0.5, 0.6) is 0 Å². The van der Waals surface area contributed by atoms with Crippen molar-refractivity contribution < 1.29 is 18.7 Å². The summed E-state index contributed by atoms with van der Waals surface area (Å²) in [6.07, 6.45) is 0.288. The Hall–Kier alpha value is -1.78. The third-order valence-corrected chi connectivity index (χ3v) is 3.22. The number of hydrogen-bond acceptors (Lipinski definition) is 4. The number of esters is 1. The summed E-state index contributed by atoms with van der Waals surface area (Å²) in [5, 5.41) is 2.67. The molecule has 0 saturated heterocycles. The van der Waals surface area contributed by atoms with Crippen LogP contribution in [0.2, 0.25) is 0 Å². The number of rotatable bonds is 1. The van der Waals surface area contributed by atoms with Gasteiger partial charge in [-0.2, -0.15) is 0 Å². The molecule has 5 heteroatoms. The van der Waals surface area contributed by atoms with E-state index in [1.165, 1.54) is 7.11 Å². The molecule has 0 aromatic carbocycles. The van der Waals surface area contributed by atoms with Gasteiger partial charge in [0.25, 0.3) is 0 Å². The number of ether oxygens (including phenoxy) is 1. The SMILES string of the molecule is COC(=O)C12Cc3oc1c(c3C)NC2=O. The Bertz CT molecular complexity index is 502. The number of anilines is 1. The van der Waals surface area contributed by atoms with E-state index in [0.717, 1.165) is 5.56 Å². The van der Waals surface area contributed by atoms with E-state index in [0.29, 0.717) is 17.2 Å². The van der Waals surface area contributed by atoms with Gasteiger partial charge in [0.05, 0.1) is 12.8 Å². The van der Waals surface area contributed by atoms with Gasteiger partial charge in [-0.3, -0.25) is 9.59 Å². The normalized spacial score (nSPS) is 25.6. The standard InChI is InChI=1S/C10H9NO4/c1-4-5-3-10(9(13)14-2)7(15-5)6(4)11-8(10)12/h3H2,1-2H3,(H,11,12). The van der Waals surface area contributed by atoms with Crippen LogP contribution in [0, 0.1) is 6.92 Å². The van der Waals surface area contributed by atoms with Gasteiger partial charge in [-0.15, -0.1) is 0 Å². The van der Waals surface area contributed by atoms with Crippen LogP contribution in [0.25, 0.3) is 0 Å². The molecule has 78 valence electrons. The largest absolute Gasteiger partial charge is 0.468 e. The third-order valence-electron chi connectivity index (χ3n) is 3.22. The fraction of sp³-hybridized carbons (Fsp3) is 0.400. The minimum absolute atomic E-state index is 0.288. The van der Waals surface area contributed by atoms with E-state index in [4.69, 9.17) is 4.42 Å². The first-order valence-corrected chi connectivity index (χ1v) is 4.64. The molecule has 0 fully saturated rings. The van der Waals surface area contributed by atoms with Crippen LogP contribution in [0.4, 0.5) is 5.69 Å². The van der Waals surface area contributed by atoms with Crippen LogP contribution in [0.1, 0.15) is 17.1 Å². The van der Waals surface area contributed by atoms with Crippen LogP contribution in [0.3, 0.4) is 0 Å². The Morgan fingerprint density at radius 1 is 1.60 bits per heavy atom. The van der Waals surface area contributed by atoms with Gasteiger partial charge in [-0.05, 0) is 6.92 Å². The first-order valence-electron chi connectivity index (χ1n) is 4.64. The highest BCUT2D eigenvalue weighted by atomic mass is 16.5. The number of furan rings is 1. The molecule has 2 bridgehead atoms. The first kappa shape index (κ1) is 8.52. The number of methoxy groups -OCH3 is 1. The smallest absolute Gasteiger partial charge is 0.329 e. The molecular weight excluding hydrogens is 198 g/mol. The Morgan fingerprint density at radius 2 is 2.33 bits per heavy atom. The van der Waals surface area contributed by atoms with Gasteiger partial charge < -0.3 is 14.5 Å². The molecule has 0 radical (unpaired) electrons. The number of carbonyl (C=O) groups is 2. The summed E-state index contributed by atoms with van der Waals surface area (Å²) in [5.74, 6) is 0.231. The molecule has 5 nitrogen and oxygen atoms in total. The van der Waals surface area contributed by atoms with Gasteiger partial charge in [0, 0.05) is 12.0 Å². The van der Waals surface area contributed by atoms with E-state index >= 15 is 0 Å². The second kappa shape index (κ2) is 2.24. The van der Waals surface area contributed by atoms with Gasteiger partial charge in [0.2, 0.25) is 11.3 Å². The second-order valence-electron chi connectivity index (χ2n) is 3.88. The summed E-state index contributed by atoms with van der Waals surface area (Å²) in [5.41, 5.74) is 0.320. The topological polar surface area (TPSA) is 68.5 Å². The van der Waals surface area contributed by atoms with Crippen LogP contribution in [0.15, 0.2) is 4.42 Å². The van der Waals surface area contributed by atoms with Crippen molar-refractivity contribution in [1.29, 1.82) is 0 Å². The van der Waals surface area contributed by atoms with Crippen molar-refractivity contribution in [3.63, 3.8) is 0 Å². The van der Waals surface area contributed by atoms with E-state index in [1.807, 2.05) is 6.92 Å². The number of fused-ring (bicyclic) bond motifs is 1. The quantitative estimate of drug-likeness (QED) is 0.538. The van der Waals surface area contributed by atoms with Crippen LogP contribution < -0.4 is 5.32 Å². The molecule has 2 aliphatic rings. The predicted octanol–water partition coefficient (Wildman–Crippen LogP) is 0.507. The lowest BCUT2D eigenvalue weighted by atomic mass is 9.80. The van der Waals surface area contributed by atoms with Crippen molar-refractivity contribution in [2.75, 3.05) is 12.4 Å². The molecule has 1 unspecified atom stereocenters. The average Bonchev–Trinajstić information content (AvgIpc) is 2.80. The summed E-state index contributed by atoms with van der Waals surface area (Å²) in [6, 6.07) is 0. The summed E-state index contributed by atoms with van der Waals surface area (Å²) in [4.78, 5) is 23.5. The zero-order valence-electron chi connectivity index (χ0n) is 8.34. The highest BCUT2D eigenvalue weighted by molar-refractivity contribution is 6.20. The zero-order chi connectivity index (χ0) is 10.8. The molecule has 2 aliphatic heterocycles. The van der Waals surface area contributed by atoms with Crippen LogP contribution in [-0.4, -0.2) is 19.0 Å². The van der Waals surface area contributed by atoms with Gasteiger partial charge in [-0.25, -0.2) is 0 Å². The molecule has 1 aromatic heterocycles. The third kappa shape index (κ3) is 0.683. The molecule has 0 saturated carbocycles. The molecule has 0 aliphatic carbocycles. The van der Waals surface area contributed by atoms with Crippen LogP contribution >= 0.6 is 0 Å². The Labute approximate surface area is 85.4 Å². The van der Waals surface area contributed by atoms with E-state index in [9.17, 15) is 9.59 Å². The maximum atomic E-state index is 11.8. The molecular formula is C10H9NO4. The molecule has 0 spiro atoms. The van der Waals surface area contributed by atoms with E-state index < -0.39 is 11.4 Å². The molecule has 1 amide bonds. The van der Waals surface area contributed by atoms with E-state index in [-0.39, 0.29) is 12.3 Å². The molecule has 15 heavy (non-hydrogen) atoms. The van der Waals surface area contributed by atoms with Crippen LogP contribution in [-0.2, 0) is 26.2 Å². The van der Waals surface area contributed by atoms with Crippen molar-refractivity contribution >= 4 is 17.6 Å². The highest BCUT2D eigenvalue weighted by Crippen LogP contribution is 2.51. The fourth-order valence-corrected chi connectivity index (χ4v) is 2.34. The number of amides is 1. The van der Waals surface area contributed by atoms with Crippen molar-refractivity contribution in [3.8, 4) is 0 Å². The first-order chi connectivity index (χ1) is 7.11. The van der Waals surface area contributed by atoms with Gasteiger partial charge in [0.1, 0.15) is 5.76 Å². The number of hydrogen-bond donors (Lipinski definition) is 1. The van der Waals surface area contributed by atoms with Crippen molar-refractivity contribution in [1.82, 2.24) is 0 Å². The van der Waals surface area contributed by atoms with Crippen molar-refractivity contribution in [2.24, 2.45) is 0 Å². The van der Waals surface area contributed by atoms with E-state index in [1.54, 1.807) is 0 Å². The minimum atomic E-state index is -1.24. The van der Waals surface area contributed by atoms with E-state index in [2.05, 4.69) is 10.1 Å². The molecule has 1 atom stereocenters. The van der Waals surface area contributed by atoms with Gasteiger partial charge >= 0.3 is 5.97 Å². The molecule has 1 N–H and O–H groups in total. The number of carbonyl (C=O) groups excluding carboxylic acids is 2. The summed E-state index contributed by atoms with van der Waals surface area (Å²) in [6.45, 7) is 1.87. The summed E-state index contributed by atoms with van der Waals surface area (Å²) < 4.78 is 10.1. The maximum Gasteiger partial charge on any atom is 0.329 e. The second-order valence-corrected chi connectivity index (χ2v) is 3.88. The summed E-state index contributed by atoms with van der Waals surface area (Å²) in [7, 11) is 1.27. The highest BCUT2D eigenvalue weighted by Gasteiger charge is 2.62.